The van der Waals surface area contributed by atoms with Crippen molar-refractivity contribution in [2.24, 2.45) is 0 Å². The van der Waals surface area contributed by atoms with Gasteiger partial charge >= 0.3 is 0 Å². The molecule has 0 saturated carbocycles. The van der Waals surface area contributed by atoms with E-state index in [1.165, 1.54) is 11.1 Å². The highest BCUT2D eigenvalue weighted by Gasteiger charge is 2.44. The third-order valence-electron chi connectivity index (χ3n) is 5.81. The molecule has 3 aromatic rings. The maximum atomic E-state index is 13.4. The molecule has 0 bridgehead atoms. The second-order valence-electron chi connectivity index (χ2n) is 7.61. The van der Waals surface area contributed by atoms with Gasteiger partial charge in [-0.1, -0.05) is 35.9 Å². The molecule has 4 nitrogen and oxygen atoms in total. The van der Waals surface area contributed by atoms with Gasteiger partial charge in [0.05, 0.1) is 0 Å². The number of amides is 1. The van der Waals surface area contributed by atoms with E-state index in [2.05, 4.69) is 37.1 Å². The number of hydrogen-bond donors (Lipinski definition) is 0. The van der Waals surface area contributed by atoms with E-state index in [0.29, 0.717) is 11.7 Å². The number of hydrogen-bond acceptors (Lipinski definition) is 3. The van der Waals surface area contributed by atoms with Gasteiger partial charge in [-0.05, 0) is 50.7 Å². The van der Waals surface area contributed by atoms with E-state index in [9.17, 15) is 4.79 Å². The normalized spacial score (nSPS) is 22.5. The third-order valence-corrected chi connectivity index (χ3v) is 5.81. The van der Waals surface area contributed by atoms with Gasteiger partial charge in [0.15, 0.2) is 5.76 Å². The first-order valence-electron chi connectivity index (χ1n) is 9.23. The molecular formula is C22H22N2O2. The molecule has 2 aliphatic rings. The molecule has 0 unspecified atom stereocenters. The van der Waals surface area contributed by atoms with Crippen molar-refractivity contribution in [2.45, 2.75) is 25.3 Å². The van der Waals surface area contributed by atoms with Gasteiger partial charge in [-0.25, -0.2) is 0 Å². The lowest BCUT2D eigenvalue weighted by Crippen LogP contribution is -2.47. The summed E-state index contributed by atoms with van der Waals surface area (Å²) in [5, 5.41) is 0.971. The molecule has 2 aromatic carbocycles. The van der Waals surface area contributed by atoms with Crippen molar-refractivity contribution in [3.05, 3.63) is 65.4 Å². The number of piperidine rings is 1. The van der Waals surface area contributed by atoms with Crippen LogP contribution in [0.5, 0.6) is 0 Å². The van der Waals surface area contributed by atoms with Gasteiger partial charge in [0.1, 0.15) is 5.58 Å². The lowest BCUT2D eigenvalue weighted by atomic mass is 9.89. The van der Waals surface area contributed by atoms with E-state index in [1.807, 2.05) is 35.2 Å². The summed E-state index contributed by atoms with van der Waals surface area (Å²) in [7, 11) is 2.16. The van der Waals surface area contributed by atoms with Crippen LogP contribution in [-0.2, 0) is 0 Å². The maximum Gasteiger partial charge on any atom is 0.294 e. The molecule has 0 aliphatic carbocycles. The van der Waals surface area contributed by atoms with Crippen molar-refractivity contribution < 1.29 is 9.21 Å². The van der Waals surface area contributed by atoms with Gasteiger partial charge in [-0.2, -0.15) is 0 Å². The van der Waals surface area contributed by atoms with Crippen LogP contribution in [0.1, 0.15) is 34.0 Å². The largest absolute Gasteiger partial charge is 0.451 e. The summed E-state index contributed by atoms with van der Waals surface area (Å²) in [5.74, 6) is 0.776. The minimum absolute atomic E-state index is 0.0247. The summed E-state index contributed by atoms with van der Waals surface area (Å²) in [4.78, 5) is 17.8. The first-order chi connectivity index (χ1) is 12.6. The fourth-order valence-corrected chi connectivity index (χ4v) is 4.55. The minimum atomic E-state index is -0.0247. The second kappa shape index (κ2) is 5.71. The van der Waals surface area contributed by atoms with Gasteiger partial charge in [0, 0.05) is 29.6 Å². The van der Waals surface area contributed by atoms with E-state index >= 15 is 0 Å². The molecule has 1 fully saturated rings. The van der Waals surface area contributed by atoms with Crippen LogP contribution in [0.15, 0.2) is 52.9 Å². The van der Waals surface area contributed by atoms with Gasteiger partial charge in [0.25, 0.3) is 5.91 Å². The summed E-state index contributed by atoms with van der Waals surface area (Å²) >= 11 is 0. The number of furan rings is 1. The number of aryl methyl sites for hydroxylation is 1. The molecule has 0 N–H and O–H groups in total. The predicted octanol–water partition coefficient (Wildman–Crippen LogP) is 4.19. The number of likely N-dealkylation sites (tertiary alicyclic amines) is 1. The summed E-state index contributed by atoms with van der Waals surface area (Å²) in [6.45, 7) is 4.12. The quantitative estimate of drug-likeness (QED) is 0.663. The van der Waals surface area contributed by atoms with Crippen LogP contribution in [-0.4, -0.2) is 37.0 Å². The van der Waals surface area contributed by atoms with Crippen molar-refractivity contribution in [3.63, 3.8) is 0 Å². The Morgan fingerprint density at radius 2 is 2.00 bits per heavy atom. The molecule has 3 heterocycles. The summed E-state index contributed by atoms with van der Waals surface area (Å²) in [5.41, 5.74) is 4.35. The molecule has 0 radical (unpaired) electrons. The molecule has 0 spiro atoms. The number of benzene rings is 2. The molecule has 2 atom stereocenters. The fourth-order valence-electron chi connectivity index (χ4n) is 4.55. The van der Waals surface area contributed by atoms with E-state index in [0.717, 1.165) is 36.2 Å². The fraction of sp³-hybridized carbons (Fsp3) is 0.318. The standard InChI is InChI=1S/C22H22N2O2/c1-14-7-8-18-16(11-14)17-13-23(2)10-9-19(17)24(18)22(25)21-12-15-5-3-4-6-20(15)26-21/h3-8,11-12,17,19H,9-10,13H2,1-2H3/t17-,19+/m0/s1. The first kappa shape index (κ1) is 15.6. The Hall–Kier alpha value is -2.59. The number of anilines is 1. The van der Waals surface area contributed by atoms with Crippen LogP contribution in [0, 0.1) is 6.92 Å². The molecule has 1 saturated heterocycles. The zero-order chi connectivity index (χ0) is 17.8. The number of rotatable bonds is 1. The van der Waals surface area contributed by atoms with Gasteiger partial charge in [0.2, 0.25) is 0 Å². The minimum Gasteiger partial charge on any atom is -0.451 e. The van der Waals surface area contributed by atoms with E-state index in [4.69, 9.17) is 4.42 Å². The van der Waals surface area contributed by atoms with E-state index in [1.54, 1.807) is 0 Å². The van der Waals surface area contributed by atoms with Crippen LogP contribution < -0.4 is 4.90 Å². The number of likely N-dealkylation sites (N-methyl/N-ethyl adjacent to an activating group) is 1. The Labute approximate surface area is 153 Å². The first-order valence-corrected chi connectivity index (χ1v) is 9.23. The van der Waals surface area contributed by atoms with Crippen LogP contribution in [0.25, 0.3) is 11.0 Å². The Morgan fingerprint density at radius 3 is 2.85 bits per heavy atom. The van der Waals surface area contributed by atoms with Crippen LogP contribution in [0.2, 0.25) is 0 Å². The molecule has 2 aliphatic heterocycles. The number of carbonyl (C=O) groups is 1. The van der Waals surface area contributed by atoms with Crippen LogP contribution in [0.3, 0.4) is 0 Å². The Kier molecular flexibility index (Phi) is 3.44. The number of carbonyl (C=O) groups excluding carboxylic acids is 1. The van der Waals surface area contributed by atoms with Crippen molar-refractivity contribution in [3.8, 4) is 0 Å². The van der Waals surface area contributed by atoms with Crippen LogP contribution in [0.4, 0.5) is 5.69 Å². The molecule has 4 heteroatoms. The molecule has 1 amide bonds. The van der Waals surface area contributed by atoms with Crippen molar-refractivity contribution in [1.82, 2.24) is 4.90 Å². The average Bonchev–Trinajstić information content (AvgIpc) is 3.20. The number of para-hydroxylation sites is 1. The van der Waals surface area contributed by atoms with Gasteiger partial charge < -0.3 is 14.2 Å². The smallest absolute Gasteiger partial charge is 0.294 e. The van der Waals surface area contributed by atoms with Crippen molar-refractivity contribution in [1.29, 1.82) is 0 Å². The summed E-state index contributed by atoms with van der Waals surface area (Å²) < 4.78 is 5.88. The lowest BCUT2D eigenvalue weighted by Gasteiger charge is -2.36. The highest BCUT2D eigenvalue weighted by atomic mass is 16.3. The molecule has 132 valence electrons. The highest BCUT2D eigenvalue weighted by Crippen LogP contribution is 2.45. The predicted molar refractivity (Wildman–Crippen MR) is 103 cm³/mol. The van der Waals surface area contributed by atoms with Gasteiger partial charge in [-0.15, -0.1) is 0 Å². The summed E-state index contributed by atoms with van der Waals surface area (Å²) in [6, 6.07) is 16.3. The molecule has 1 aromatic heterocycles. The van der Waals surface area contributed by atoms with Crippen molar-refractivity contribution >= 4 is 22.6 Å². The Bertz CT molecular complexity index is 973. The SMILES string of the molecule is Cc1ccc2c(c1)[C@@H]1CN(C)CC[C@H]1N2C(=O)c1cc2ccccc2o1. The van der Waals surface area contributed by atoms with Crippen LogP contribution >= 0.6 is 0 Å². The number of fused-ring (bicyclic) bond motifs is 4. The topological polar surface area (TPSA) is 36.7 Å². The zero-order valence-electron chi connectivity index (χ0n) is 15.1. The Balaban J connectivity index is 1.60. The monoisotopic (exact) mass is 346 g/mol. The van der Waals surface area contributed by atoms with Gasteiger partial charge in [-0.3, -0.25) is 4.79 Å². The van der Waals surface area contributed by atoms with E-state index in [-0.39, 0.29) is 11.9 Å². The average molecular weight is 346 g/mol. The lowest BCUT2D eigenvalue weighted by molar-refractivity contribution is 0.0940. The Morgan fingerprint density at radius 1 is 1.15 bits per heavy atom. The maximum absolute atomic E-state index is 13.4. The van der Waals surface area contributed by atoms with E-state index < -0.39 is 0 Å². The highest BCUT2D eigenvalue weighted by molar-refractivity contribution is 6.08. The second-order valence-corrected chi connectivity index (χ2v) is 7.61. The molecule has 26 heavy (non-hydrogen) atoms. The zero-order valence-corrected chi connectivity index (χ0v) is 15.1. The number of nitrogens with zero attached hydrogens (tertiary/aromatic N) is 2. The molecule has 5 rings (SSSR count). The molecular weight excluding hydrogens is 324 g/mol. The summed E-state index contributed by atoms with van der Waals surface area (Å²) in [6.07, 6.45) is 0.987. The van der Waals surface area contributed by atoms with Crippen molar-refractivity contribution in [2.75, 3.05) is 25.0 Å². The third kappa shape index (κ3) is 2.29.